The first-order valence-corrected chi connectivity index (χ1v) is 6.25. The van der Waals surface area contributed by atoms with Gasteiger partial charge < -0.3 is 20.5 Å². The third-order valence-electron chi connectivity index (χ3n) is 3.00. The molecule has 5 heteroatoms. The van der Waals surface area contributed by atoms with Crippen molar-refractivity contribution in [3.8, 4) is 0 Å². The summed E-state index contributed by atoms with van der Waals surface area (Å²) in [7, 11) is 3.07. The smallest absolute Gasteiger partial charge is 0.229 e. The van der Waals surface area contributed by atoms with Crippen LogP contribution >= 0.6 is 0 Å². The first-order chi connectivity index (χ1) is 9.13. The van der Waals surface area contributed by atoms with E-state index in [1.807, 2.05) is 37.3 Å². The van der Waals surface area contributed by atoms with E-state index < -0.39 is 6.29 Å². The van der Waals surface area contributed by atoms with Crippen molar-refractivity contribution in [3.63, 3.8) is 0 Å². The van der Waals surface area contributed by atoms with Crippen molar-refractivity contribution in [1.82, 2.24) is 5.32 Å². The minimum atomic E-state index is -0.474. The Hall–Kier alpha value is -1.43. The van der Waals surface area contributed by atoms with E-state index in [1.165, 1.54) is 14.2 Å². The molecule has 5 nitrogen and oxygen atoms in total. The predicted octanol–water partition coefficient (Wildman–Crippen LogP) is 0.853. The zero-order valence-electron chi connectivity index (χ0n) is 11.6. The van der Waals surface area contributed by atoms with Gasteiger partial charge in [-0.15, -0.1) is 0 Å². The van der Waals surface area contributed by atoms with Gasteiger partial charge in [0, 0.05) is 20.8 Å². The van der Waals surface area contributed by atoms with Gasteiger partial charge in [-0.3, -0.25) is 4.79 Å². The molecule has 0 aliphatic carbocycles. The van der Waals surface area contributed by atoms with Crippen LogP contribution in [-0.4, -0.2) is 39.0 Å². The molecule has 0 spiro atoms. The molecule has 106 valence electrons. The van der Waals surface area contributed by atoms with Crippen LogP contribution in [0.5, 0.6) is 0 Å². The SMILES string of the molecule is COC(OC)C(C)NC(=O)C(CN)c1ccccc1. The normalized spacial score (nSPS) is 14.2. The molecular formula is C14H22N2O3. The van der Waals surface area contributed by atoms with Gasteiger partial charge in [0.25, 0.3) is 0 Å². The van der Waals surface area contributed by atoms with Crippen molar-refractivity contribution >= 4 is 5.91 Å². The average molecular weight is 266 g/mol. The summed E-state index contributed by atoms with van der Waals surface area (Å²) in [6.07, 6.45) is -0.474. The number of nitrogens with two attached hydrogens (primary N) is 1. The maximum Gasteiger partial charge on any atom is 0.229 e. The number of ether oxygens (including phenoxy) is 2. The number of nitrogens with one attached hydrogen (secondary N) is 1. The van der Waals surface area contributed by atoms with E-state index in [1.54, 1.807) is 0 Å². The van der Waals surface area contributed by atoms with Crippen LogP contribution in [0.4, 0.5) is 0 Å². The summed E-state index contributed by atoms with van der Waals surface area (Å²) in [5.41, 5.74) is 6.60. The lowest BCUT2D eigenvalue weighted by Gasteiger charge is -2.24. The molecule has 1 rings (SSSR count). The molecule has 0 fully saturated rings. The average Bonchev–Trinajstić information content (AvgIpc) is 2.42. The fourth-order valence-corrected chi connectivity index (χ4v) is 1.98. The van der Waals surface area contributed by atoms with Crippen LogP contribution in [0.25, 0.3) is 0 Å². The third kappa shape index (κ3) is 4.31. The van der Waals surface area contributed by atoms with Crippen molar-refractivity contribution in [2.45, 2.75) is 25.2 Å². The Labute approximate surface area is 114 Å². The second-order valence-corrected chi connectivity index (χ2v) is 4.34. The summed E-state index contributed by atoms with van der Waals surface area (Å²) in [6, 6.07) is 9.23. The van der Waals surface area contributed by atoms with Crippen LogP contribution in [0.3, 0.4) is 0 Å². The monoisotopic (exact) mass is 266 g/mol. The minimum absolute atomic E-state index is 0.125. The quantitative estimate of drug-likeness (QED) is 0.718. The van der Waals surface area contributed by atoms with E-state index in [2.05, 4.69) is 5.32 Å². The topological polar surface area (TPSA) is 73.6 Å². The number of benzene rings is 1. The molecule has 2 atom stereocenters. The number of hydrogen-bond donors (Lipinski definition) is 2. The van der Waals surface area contributed by atoms with Crippen molar-refractivity contribution < 1.29 is 14.3 Å². The maximum atomic E-state index is 12.2. The van der Waals surface area contributed by atoms with E-state index in [0.717, 1.165) is 5.56 Å². The Kier molecular flexibility index (Phi) is 6.49. The number of hydrogen-bond acceptors (Lipinski definition) is 4. The van der Waals surface area contributed by atoms with Crippen LogP contribution in [0.15, 0.2) is 30.3 Å². The molecular weight excluding hydrogens is 244 g/mol. The van der Waals surface area contributed by atoms with Gasteiger partial charge in [0.05, 0.1) is 12.0 Å². The molecule has 0 aliphatic heterocycles. The number of carbonyl (C=O) groups is 1. The molecule has 0 radical (unpaired) electrons. The molecule has 0 bridgehead atoms. The van der Waals surface area contributed by atoms with Gasteiger partial charge in [-0.2, -0.15) is 0 Å². The zero-order valence-corrected chi connectivity index (χ0v) is 11.6. The van der Waals surface area contributed by atoms with Crippen molar-refractivity contribution in [3.05, 3.63) is 35.9 Å². The Bertz CT molecular complexity index is 380. The van der Waals surface area contributed by atoms with Gasteiger partial charge in [-0.1, -0.05) is 30.3 Å². The number of carbonyl (C=O) groups excluding carboxylic acids is 1. The van der Waals surface area contributed by atoms with E-state index >= 15 is 0 Å². The number of amides is 1. The largest absolute Gasteiger partial charge is 0.354 e. The highest BCUT2D eigenvalue weighted by molar-refractivity contribution is 5.84. The van der Waals surface area contributed by atoms with E-state index in [4.69, 9.17) is 15.2 Å². The second kappa shape index (κ2) is 7.89. The van der Waals surface area contributed by atoms with Crippen molar-refractivity contribution in [1.29, 1.82) is 0 Å². The Balaban J connectivity index is 2.70. The van der Waals surface area contributed by atoms with Gasteiger partial charge >= 0.3 is 0 Å². The highest BCUT2D eigenvalue weighted by Gasteiger charge is 2.24. The molecule has 0 saturated heterocycles. The Morgan fingerprint density at radius 1 is 1.26 bits per heavy atom. The second-order valence-electron chi connectivity index (χ2n) is 4.34. The number of rotatable bonds is 7. The van der Waals surface area contributed by atoms with Crippen LogP contribution in [-0.2, 0) is 14.3 Å². The van der Waals surface area contributed by atoms with Crippen LogP contribution in [0.1, 0.15) is 18.4 Å². The fraction of sp³-hybridized carbons (Fsp3) is 0.500. The molecule has 0 saturated carbocycles. The molecule has 1 amide bonds. The fourth-order valence-electron chi connectivity index (χ4n) is 1.98. The molecule has 1 aromatic carbocycles. The molecule has 0 aromatic heterocycles. The molecule has 2 unspecified atom stereocenters. The third-order valence-corrected chi connectivity index (χ3v) is 3.00. The summed E-state index contributed by atoms with van der Waals surface area (Å²) in [6.45, 7) is 2.08. The molecule has 1 aromatic rings. The Morgan fingerprint density at radius 3 is 2.32 bits per heavy atom. The highest BCUT2D eigenvalue weighted by atomic mass is 16.7. The Morgan fingerprint density at radius 2 is 1.84 bits per heavy atom. The number of methoxy groups -OCH3 is 2. The lowest BCUT2D eigenvalue weighted by molar-refractivity contribution is -0.136. The maximum absolute atomic E-state index is 12.2. The van der Waals surface area contributed by atoms with Gasteiger partial charge in [-0.05, 0) is 12.5 Å². The highest BCUT2D eigenvalue weighted by Crippen LogP contribution is 2.14. The lowest BCUT2D eigenvalue weighted by atomic mass is 9.98. The standard InChI is InChI=1S/C14H22N2O3/c1-10(14(18-2)19-3)16-13(17)12(9-15)11-7-5-4-6-8-11/h4-8,10,12,14H,9,15H2,1-3H3,(H,16,17). The van der Waals surface area contributed by atoms with E-state index in [9.17, 15) is 4.79 Å². The van der Waals surface area contributed by atoms with E-state index in [0.29, 0.717) is 0 Å². The van der Waals surface area contributed by atoms with Crippen LogP contribution in [0.2, 0.25) is 0 Å². The summed E-state index contributed by atoms with van der Waals surface area (Å²) in [5.74, 6) is -0.488. The zero-order chi connectivity index (χ0) is 14.3. The van der Waals surface area contributed by atoms with Gasteiger partial charge in [-0.25, -0.2) is 0 Å². The first kappa shape index (κ1) is 15.6. The van der Waals surface area contributed by atoms with Gasteiger partial charge in [0.2, 0.25) is 5.91 Å². The predicted molar refractivity (Wildman–Crippen MR) is 73.6 cm³/mol. The van der Waals surface area contributed by atoms with E-state index in [-0.39, 0.29) is 24.4 Å². The molecule has 19 heavy (non-hydrogen) atoms. The molecule has 0 heterocycles. The van der Waals surface area contributed by atoms with Crippen molar-refractivity contribution in [2.24, 2.45) is 5.73 Å². The molecule has 0 aliphatic rings. The first-order valence-electron chi connectivity index (χ1n) is 6.25. The van der Waals surface area contributed by atoms with Crippen LogP contribution in [0, 0.1) is 0 Å². The van der Waals surface area contributed by atoms with Gasteiger partial charge in [0.1, 0.15) is 0 Å². The van der Waals surface area contributed by atoms with Gasteiger partial charge in [0.15, 0.2) is 6.29 Å². The van der Waals surface area contributed by atoms with Crippen molar-refractivity contribution in [2.75, 3.05) is 20.8 Å². The summed E-state index contributed by atoms with van der Waals surface area (Å²) in [5, 5.41) is 2.86. The lowest BCUT2D eigenvalue weighted by Crippen LogP contribution is -2.45. The minimum Gasteiger partial charge on any atom is -0.354 e. The summed E-state index contributed by atoms with van der Waals surface area (Å²) < 4.78 is 10.2. The summed E-state index contributed by atoms with van der Waals surface area (Å²) >= 11 is 0. The molecule has 3 N–H and O–H groups in total. The van der Waals surface area contributed by atoms with Crippen LogP contribution < -0.4 is 11.1 Å². The summed E-state index contributed by atoms with van der Waals surface area (Å²) in [4.78, 5) is 12.2.